The second-order valence-electron chi connectivity index (χ2n) is 7.78. The molecule has 0 aliphatic carbocycles. The molecule has 1 heterocycles. The average Bonchev–Trinajstić information content (AvgIpc) is 3.23. The van der Waals surface area contributed by atoms with E-state index in [-0.39, 0.29) is 16.9 Å². The first kappa shape index (κ1) is 20.7. The Morgan fingerprint density at radius 1 is 0.867 bits per heavy atom. The molecule has 1 N–H and O–H groups in total. The summed E-state index contributed by atoms with van der Waals surface area (Å²) in [5.41, 5.74) is 2.90. The van der Waals surface area contributed by atoms with E-state index in [4.69, 9.17) is 4.98 Å². The van der Waals surface area contributed by atoms with Gasteiger partial charge in [-0.1, -0.05) is 62.4 Å². The summed E-state index contributed by atoms with van der Waals surface area (Å²) in [5, 5.41) is 5.29. The molecule has 30 heavy (non-hydrogen) atoms. The fraction of sp³-hybridized carbons (Fsp3) is 0.208. The molecule has 154 valence electrons. The van der Waals surface area contributed by atoms with E-state index in [1.807, 2.05) is 50.4 Å². The Morgan fingerprint density at radius 2 is 1.53 bits per heavy atom. The summed E-state index contributed by atoms with van der Waals surface area (Å²) in [6.45, 7) is 5.86. The highest BCUT2D eigenvalue weighted by atomic mass is 32.2. The number of benzene rings is 3. The van der Waals surface area contributed by atoms with Crippen LogP contribution < -0.4 is 4.72 Å². The number of nitrogens with zero attached hydrogens (tertiary/aromatic N) is 1. The lowest BCUT2D eigenvalue weighted by Gasteiger charge is -2.17. The largest absolute Gasteiger partial charge is 0.240 e. The number of hydrogen-bond donors (Lipinski definition) is 1. The molecule has 1 aromatic heterocycles. The van der Waals surface area contributed by atoms with Crippen LogP contribution in [-0.4, -0.2) is 19.4 Å². The molecule has 6 heteroatoms. The molecule has 0 spiro atoms. The number of rotatable bonds is 6. The third kappa shape index (κ3) is 4.31. The molecule has 0 bridgehead atoms. The van der Waals surface area contributed by atoms with Crippen LogP contribution >= 0.6 is 11.3 Å². The summed E-state index contributed by atoms with van der Waals surface area (Å²) in [6, 6.07) is 21.4. The fourth-order valence-electron chi connectivity index (χ4n) is 3.11. The van der Waals surface area contributed by atoms with Crippen molar-refractivity contribution in [2.75, 3.05) is 0 Å². The van der Waals surface area contributed by atoms with Gasteiger partial charge >= 0.3 is 0 Å². The second-order valence-corrected chi connectivity index (χ2v) is 10.4. The van der Waals surface area contributed by atoms with Gasteiger partial charge in [-0.05, 0) is 41.8 Å². The zero-order valence-corrected chi connectivity index (χ0v) is 18.8. The molecule has 0 saturated carbocycles. The predicted molar refractivity (Wildman–Crippen MR) is 125 cm³/mol. The Hall–Kier alpha value is -2.54. The number of hydrogen-bond acceptors (Lipinski definition) is 4. The molecule has 1 atom stereocenters. The van der Waals surface area contributed by atoms with Crippen LogP contribution in [0.3, 0.4) is 0 Å². The van der Waals surface area contributed by atoms with Crippen molar-refractivity contribution in [1.29, 1.82) is 0 Å². The molecule has 0 aliphatic heterocycles. The van der Waals surface area contributed by atoms with Gasteiger partial charge in [-0.2, -0.15) is 0 Å². The highest BCUT2D eigenvalue weighted by Gasteiger charge is 2.19. The van der Waals surface area contributed by atoms with Crippen molar-refractivity contribution in [3.63, 3.8) is 0 Å². The van der Waals surface area contributed by atoms with Gasteiger partial charge in [0.2, 0.25) is 10.0 Å². The van der Waals surface area contributed by atoms with Crippen molar-refractivity contribution in [3.05, 3.63) is 72.1 Å². The molecule has 3 aromatic carbocycles. The molecule has 0 fully saturated rings. The first-order chi connectivity index (χ1) is 14.3. The van der Waals surface area contributed by atoms with Gasteiger partial charge in [0.05, 0.1) is 10.6 Å². The first-order valence-corrected chi connectivity index (χ1v) is 12.3. The minimum Gasteiger partial charge on any atom is -0.236 e. The highest BCUT2D eigenvalue weighted by Crippen LogP contribution is 2.31. The van der Waals surface area contributed by atoms with Gasteiger partial charge in [-0.25, -0.2) is 18.1 Å². The van der Waals surface area contributed by atoms with Crippen LogP contribution in [0.15, 0.2) is 77.0 Å². The third-order valence-electron chi connectivity index (χ3n) is 5.30. The van der Waals surface area contributed by atoms with Gasteiger partial charge in [0.15, 0.2) is 0 Å². The van der Waals surface area contributed by atoms with Crippen LogP contribution in [0.25, 0.3) is 32.6 Å². The van der Waals surface area contributed by atoms with E-state index in [9.17, 15) is 8.42 Å². The maximum absolute atomic E-state index is 12.6. The lowest BCUT2D eigenvalue weighted by atomic mass is 10.1. The maximum Gasteiger partial charge on any atom is 0.240 e. The smallest absolute Gasteiger partial charge is 0.236 e. The van der Waals surface area contributed by atoms with Crippen LogP contribution in [0.4, 0.5) is 0 Å². The van der Waals surface area contributed by atoms with Gasteiger partial charge in [0.25, 0.3) is 0 Å². The van der Waals surface area contributed by atoms with Crippen LogP contribution in [0, 0.1) is 5.92 Å². The summed E-state index contributed by atoms with van der Waals surface area (Å²) < 4.78 is 27.9. The molecular weight excluding hydrogens is 412 g/mol. The molecule has 4 rings (SSSR count). The van der Waals surface area contributed by atoms with Crippen molar-refractivity contribution in [1.82, 2.24) is 9.71 Å². The number of thiazole rings is 1. The normalized spacial score (nSPS) is 13.1. The van der Waals surface area contributed by atoms with Crippen molar-refractivity contribution in [2.24, 2.45) is 5.92 Å². The highest BCUT2D eigenvalue weighted by molar-refractivity contribution is 7.89. The number of fused-ring (bicyclic) bond motifs is 1. The van der Waals surface area contributed by atoms with E-state index in [1.54, 1.807) is 23.5 Å². The lowest BCUT2D eigenvalue weighted by Crippen LogP contribution is -2.36. The molecule has 4 nitrogen and oxygen atoms in total. The Balaban J connectivity index is 1.57. The number of nitrogens with one attached hydrogen (secondary N) is 1. The summed E-state index contributed by atoms with van der Waals surface area (Å²) in [7, 11) is -3.53. The Bertz CT molecular complexity index is 1280. The van der Waals surface area contributed by atoms with Crippen LogP contribution in [0.2, 0.25) is 0 Å². The van der Waals surface area contributed by atoms with Gasteiger partial charge in [0, 0.05) is 22.5 Å². The minimum absolute atomic E-state index is 0.127. The van der Waals surface area contributed by atoms with Gasteiger partial charge in [0.1, 0.15) is 5.01 Å². The topological polar surface area (TPSA) is 59.1 Å². The van der Waals surface area contributed by atoms with Gasteiger partial charge < -0.3 is 0 Å². The zero-order valence-electron chi connectivity index (χ0n) is 17.2. The van der Waals surface area contributed by atoms with Crippen LogP contribution in [0.1, 0.15) is 20.8 Å². The Labute approximate surface area is 181 Å². The summed E-state index contributed by atoms with van der Waals surface area (Å²) in [6.07, 6.45) is 0. The first-order valence-electron chi connectivity index (χ1n) is 9.91. The van der Waals surface area contributed by atoms with Crippen LogP contribution in [0.5, 0.6) is 0 Å². The number of aromatic nitrogens is 1. The summed E-state index contributed by atoms with van der Waals surface area (Å²) >= 11 is 1.55. The quantitative estimate of drug-likeness (QED) is 0.406. The van der Waals surface area contributed by atoms with Crippen molar-refractivity contribution in [3.8, 4) is 21.8 Å². The van der Waals surface area contributed by atoms with E-state index >= 15 is 0 Å². The molecular formula is C24H24N2O2S2. The predicted octanol–water partition coefficient (Wildman–Crippen LogP) is 5.95. The van der Waals surface area contributed by atoms with E-state index in [0.717, 1.165) is 21.8 Å². The van der Waals surface area contributed by atoms with Crippen LogP contribution in [-0.2, 0) is 10.0 Å². The monoisotopic (exact) mass is 436 g/mol. The fourth-order valence-corrected chi connectivity index (χ4v) is 5.34. The van der Waals surface area contributed by atoms with Crippen molar-refractivity contribution in [2.45, 2.75) is 31.7 Å². The molecule has 1 unspecified atom stereocenters. The second kappa shape index (κ2) is 8.30. The van der Waals surface area contributed by atoms with Crippen molar-refractivity contribution >= 4 is 32.1 Å². The Morgan fingerprint density at radius 3 is 2.23 bits per heavy atom. The number of sulfonamides is 1. The molecule has 0 radical (unpaired) electrons. The SMILES string of the molecule is CC(C)C(C)NS(=O)(=O)c1ccc(-c2nc(-c3ccc4ccccc4c3)cs2)cc1. The molecule has 0 saturated heterocycles. The molecule has 0 aliphatic rings. The standard InChI is InChI=1S/C24H24N2O2S2/c1-16(2)17(3)26-30(27,28)22-12-10-19(11-13-22)24-25-23(15-29-24)21-9-8-18-6-4-5-7-20(18)14-21/h4-17,26H,1-3H3. The lowest BCUT2D eigenvalue weighted by molar-refractivity contribution is 0.476. The average molecular weight is 437 g/mol. The summed E-state index contributed by atoms with van der Waals surface area (Å²) in [5.74, 6) is 0.225. The zero-order chi connectivity index (χ0) is 21.3. The maximum atomic E-state index is 12.6. The minimum atomic E-state index is -3.53. The van der Waals surface area contributed by atoms with E-state index in [2.05, 4.69) is 35.1 Å². The van der Waals surface area contributed by atoms with Gasteiger partial charge in [-0.15, -0.1) is 11.3 Å². The van der Waals surface area contributed by atoms with Gasteiger partial charge in [-0.3, -0.25) is 0 Å². The van der Waals surface area contributed by atoms with E-state index in [0.29, 0.717) is 0 Å². The Kier molecular flexibility index (Phi) is 5.73. The molecule has 4 aromatic rings. The van der Waals surface area contributed by atoms with E-state index < -0.39 is 10.0 Å². The molecule has 0 amide bonds. The summed E-state index contributed by atoms with van der Waals surface area (Å²) in [4.78, 5) is 5.04. The van der Waals surface area contributed by atoms with E-state index in [1.165, 1.54) is 10.8 Å². The van der Waals surface area contributed by atoms with Crippen molar-refractivity contribution < 1.29 is 8.42 Å². The third-order valence-corrected chi connectivity index (χ3v) is 7.77.